The van der Waals surface area contributed by atoms with Crippen molar-refractivity contribution < 1.29 is 10.2 Å². The average Bonchev–Trinajstić information content (AvgIpc) is 2.40. The zero-order valence-corrected chi connectivity index (χ0v) is 12.4. The lowest BCUT2D eigenvalue weighted by Gasteiger charge is -2.20. The van der Waals surface area contributed by atoms with E-state index in [0.717, 1.165) is 25.2 Å². The second kappa shape index (κ2) is 11.0. The number of allylic oxidation sites excluding steroid dienone is 1. The summed E-state index contributed by atoms with van der Waals surface area (Å²) >= 11 is 0. The number of aliphatic hydroxyl groups excluding tert-OH is 2. The van der Waals surface area contributed by atoms with Crippen LogP contribution in [0.15, 0.2) is 24.4 Å². The molecule has 112 valence electrons. The first-order valence-electron chi connectivity index (χ1n) is 6.88. The SMILES string of the molecule is C=C(/C=C/C(O)NCC(O)CN(C)CC)NCCC. The van der Waals surface area contributed by atoms with Gasteiger partial charge in [-0.25, -0.2) is 0 Å². The highest BCUT2D eigenvalue weighted by Gasteiger charge is 2.08. The topological polar surface area (TPSA) is 67.8 Å². The fraction of sp³-hybridized carbons (Fsp3) is 0.714. The van der Waals surface area contributed by atoms with E-state index in [1.165, 1.54) is 0 Å². The van der Waals surface area contributed by atoms with E-state index in [4.69, 9.17) is 0 Å². The Hall–Kier alpha value is -0.880. The molecule has 0 saturated carbocycles. The minimum atomic E-state index is -0.776. The zero-order valence-electron chi connectivity index (χ0n) is 12.4. The standard InChI is InChI=1S/C14H29N3O2/c1-5-9-15-12(3)7-8-14(19)16-10-13(18)11-17(4)6-2/h7-8,13-16,18-19H,3,5-6,9-11H2,1-2,4H3/b8-7+. The summed E-state index contributed by atoms with van der Waals surface area (Å²) in [5.41, 5.74) is 0.772. The number of aliphatic hydroxyl groups is 2. The maximum atomic E-state index is 9.72. The molecule has 0 radical (unpaired) electrons. The van der Waals surface area contributed by atoms with Gasteiger partial charge in [0.1, 0.15) is 6.23 Å². The van der Waals surface area contributed by atoms with Crippen LogP contribution in [0.4, 0.5) is 0 Å². The van der Waals surface area contributed by atoms with Crippen LogP contribution in [0.2, 0.25) is 0 Å². The molecule has 4 N–H and O–H groups in total. The van der Waals surface area contributed by atoms with Crippen molar-refractivity contribution in [3.05, 3.63) is 24.4 Å². The fourth-order valence-corrected chi connectivity index (χ4v) is 1.43. The van der Waals surface area contributed by atoms with E-state index < -0.39 is 12.3 Å². The molecule has 2 unspecified atom stereocenters. The molecule has 5 heteroatoms. The van der Waals surface area contributed by atoms with Gasteiger partial charge >= 0.3 is 0 Å². The lowest BCUT2D eigenvalue weighted by Crippen LogP contribution is -2.40. The van der Waals surface area contributed by atoms with Gasteiger partial charge in [-0.05, 0) is 32.2 Å². The number of nitrogens with one attached hydrogen (secondary N) is 2. The molecule has 2 atom stereocenters. The smallest absolute Gasteiger partial charge is 0.124 e. The first-order chi connectivity index (χ1) is 8.99. The predicted octanol–water partition coefficient (Wildman–Crippen LogP) is 0.277. The second-order valence-corrected chi connectivity index (χ2v) is 4.67. The summed E-state index contributed by atoms with van der Waals surface area (Å²) in [5, 5.41) is 25.4. The molecule has 0 aliphatic heterocycles. The van der Waals surface area contributed by atoms with Crippen LogP contribution in [-0.4, -0.2) is 60.7 Å². The molecular formula is C14H29N3O2. The Kier molecular flexibility index (Phi) is 10.5. The number of hydrogen-bond acceptors (Lipinski definition) is 5. The lowest BCUT2D eigenvalue weighted by molar-refractivity contribution is 0.102. The van der Waals surface area contributed by atoms with Crippen molar-refractivity contribution >= 4 is 0 Å². The molecule has 0 heterocycles. The Balaban J connectivity index is 3.82. The Labute approximate surface area is 117 Å². The molecule has 0 spiro atoms. The third kappa shape index (κ3) is 10.7. The first-order valence-corrected chi connectivity index (χ1v) is 6.88. The Morgan fingerprint density at radius 1 is 1.37 bits per heavy atom. The molecule has 0 fully saturated rings. The number of hydrogen-bond donors (Lipinski definition) is 4. The van der Waals surface area contributed by atoms with Gasteiger partial charge in [0.05, 0.1) is 6.10 Å². The third-order valence-corrected chi connectivity index (χ3v) is 2.71. The van der Waals surface area contributed by atoms with Crippen LogP contribution < -0.4 is 10.6 Å². The van der Waals surface area contributed by atoms with E-state index in [1.54, 1.807) is 12.2 Å². The van der Waals surface area contributed by atoms with Gasteiger partial charge < -0.3 is 20.4 Å². The van der Waals surface area contributed by atoms with Gasteiger partial charge in [0.15, 0.2) is 0 Å². The molecule has 0 aromatic carbocycles. The van der Waals surface area contributed by atoms with Crippen LogP contribution in [0.5, 0.6) is 0 Å². The van der Waals surface area contributed by atoms with Crippen molar-refractivity contribution in [1.82, 2.24) is 15.5 Å². The predicted molar refractivity (Wildman–Crippen MR) is 79.8 cm³/mol. The minimum Gasteiger partial charge on any atom is -0.390 e. The van der Waals surface area contributed by atoms with Crippen molar-refractivity contribution in [2.75, 3.05) is 33.2 Å². The van der Waals surface area contributed by atoms with Crippen LogP contribution in [0, 0.1) is 0 Å². The fourth-order valence-electron chi connectivity index (χ4n) is 1.43. The molecule has 5 nitrogen and oxygen atoms in total. The average molecular weight is 271 g/mol. The molecule has 0 rings (SSSR count). The largest absolute Gasteiger partial charge is 0.390 e. The van der Waals surface area contributed by atoms with E-state index in [0.29, 0.717) is 13.1 Å². The molecule has 0 saturated heterocycles. The molecule has 0 bridgehead atoms. The van der Waals surface area contributed by atoms with Gasteiger partial charge in [0.2, 0.25) is 0 Å². The first kappa shape index (κ1) is 18.1. The van der Waals surface area contributed by atoms with E-state index in [1.807, 2.05) is 18.9 Å². The van der Waals surface area contributed by atoms with Gasteiger partial charge in [0, 0.05) is 25.3 Å². The van der Waals surface area contributed by atoms with E-state index >= 15 is 0 Å². The van der Waals surface area contributed by atoms with Crippen LogP contribution >= 0.6 is 0 Å². The van der Waals surface area contributed by atoms with Gasteiger partial charge in [-0.1, -0.05) is 20.4 Å². The van der Waals surface area contributed by atoms with Crippen LogP contribution in [0.25, 0.3) is 0 Å². The monoisotopic (exact) mass is 271 g/mol. The molecule has 0 aliphatic carbocycles. The van der Waals surface area contributed by atoms with Crippen LogP contribution in [0.1, 0.15) is 20.3 Å². The minimum absolute atomic E-state index is 0.352. The second-order valence-electron chi connectivity index (χ2n) is 4.67. The van der Waals surface area contributed by atoms with E-state index in [2.05, 4.69) is 24.1 Å². The zero-order chi connectivity index (χ0) is 14.7. The highest BCUT2D eigenvalue weighted by atomic mass is 16.3. The summed E-state index contributed by atoms with van der Waals surface area (Å²) < 4.78 is 0. The summed E-state index contributed by atoms with van der Waals surface area (Å²) in [6, 6.07) is 0. The van der Waals surface area contributed by atoms with Gasteiger partial charge in [-0.15, -0.1) is 0 Å². The highest BCUT2D eigenvalue weighted by molar-refractivity contribution is 5.13. The molecule has 0 aliphatic rings. The van der Waals surface area contributed by atoms with E-state index in [9.17, 15) is 10.2 Å². The van der Waals surface area contributed by atoms with Crippen molar-refractivity contribution in [1.29, 1.82) is 0 Å². The molecule has 19 heavy (non-hydrogen) atoms. The lowest BCUT2D eigenvalue weighted by atomic mass is 10.3. The van der Waals surface area contributed by atoms with Crippen molar-refractivity contribution in [2.24, 2.45) is 0 Å². The van der Waals surface area contributed by atoms with Crippen LogP contribution in [0.3, 0.4) is 0 Å². The van der Waals surface area contributed by atoms with Gasteiger partial charge in [0.25, 0.3) is 0 Å². The number of nitrogens with zero attached hydrogens (tertiary/aromatic N) is 1. The molecule has 0 amide bonds. The maximum absolute atomic E-state index is 9.72. The quantitative estimate of drug-likeness (QED) is 0.321. The normalized spacial score (nSPS) is 14.8. The highest BCUT2D eigenvalue weighted by Crippen LogP contribution is 1.92. The Bertz CT molecular complexity index is 269. The molecule has 0 aromatic rings. The summed E-state index contributed by atoms with van der Waals surface area (Å²) in [6.07, 6.45) is 3.11. The maximum Gasteiger partial charge on any atom is 0.124 e. The molecular weight excluding hydrogens is 242 g/mol. The van der Waals surface area contributed by atoms with Gasteiger partial charge in [-0.3, -0.25) is 5.32 Å². The van der Waals surface area contributed by atoms with Crippen molar-refractivity contribution in [3.63, 3.8) is 0 Å². The summed E-state index contributed by atoms with van der Waals surface area (Å²) in [4.78, 5) is 2.02. The summed E-state index contributed by atoms with van der Waals surface area (Å²) in [7, 11) is 1.95. The summed E-state index contributed by atoms with van der Waals surface area (Å²) in [6.45, 7) is 10.6. The van der Waals surface area contributed by atoms with Crippen molar-refractivity contribution in [3.8, 4) is 0 Å². The Morgan fingerprint density at radius 3 is 2.63 bits per heavy atom. The number of likely N-dealkylation sites (N-methyl/N-ethyl adjacent to an activating group) is 1. The third-order valence-electron chi connectivity index (χ3n) is 2.71. The number of rotatable bonds is 11. The van der Waals surface area contributed by atoms with Crippen LogP contribution in [-0.2, 0) is 0 Å². The van der Waals surface area contributed by atoms with Gasteiger partial charge in [-0.2, -0.15) is 0 Å². The Morgan fingerprint density at radius 2 is 2.05 bits per heavy atom. The van der Waals surface area contributed by atoms with E-state index in [-0.39, 0.29) is 0 Å². The van der Waals surface area contributed by atoms with Crippen molar-refractivity contribution in [2.45, 2.75) is 32.6 Å². The summed E-state index contributed by atoms with van der Waals surface area (Å²) in [5.74, 6) is 0. The molecule has 0 aromatic heterocycles.